The predicted octanol–water partition coefficient (Wildman–Crippen LogP) is 1.45. The first-order valence-corrected chi connectivity index (χ1v) is 5.21. The summed E-state index contributed by atoms with van der Waals surface area (Å²) >= 11 is 0. The van der Waals surface area contributed by atoms with Gasteiger partial charge in [-0.2, -0.15) is 0 Å². The van der Waals surface area contributed by atoms with Crippen molar-refractivity contribution in [3.05, 3.63) is 23.3 Å². The van der Waals surface area contributed by atoms with Crippen LogP contribution in [0.25, 0.3) is 0 Å². The quantitative estimate of drug-likeness (QED) is 0.481. The van der Waals surface area contributed by atoms with Gasteiger partial charge in [0, 0.05) is 18.7 Å². The number of hydrogen-bond acceptors (Lipinski definition) is 1. The molecule has 14 heavy (non-hydrogen) atoms. The molecule has 0 unspecified atom stereocenters. The minimum atomic E-state index is 0.214. The standard InChI is InChI=1S/C11H14BNO/c12-6-1-2-7-13-8-9-4-3-5-10(9)11(13)14/h3,5H,1-2,4,6-8H2. The summed E-state index contributed by atoms with van der Waals surface area (Å²) in [6.07, 6.45) is 7.74. The van der Waals surface area contributed by atoms with Gasteiger partial charge in [0.2, 0.25) is 0 Å². The molecule has 1 aliphatic carbocycles. The fourth-order valence-corrected chi connectivity index (χ4v) is 2.02. The van der Waals surface area contributed by atoms with Crippen molar-refractivity contribution < 1.29 is 4.79 Å². The Labute approximate surface area is 86.1 Å². The van der Waals surface area contributed by atoms with E-state index >= 15 is 0 Å². The fraction of sp³-hybridized carbons (Fsp3) is 0.545. The van der Waals surface area contributed by atoms with E-state index in [2.05, 4.69) is 6.08 Å². The van der Waals surface area contributed by atoms with E-state index in [0.717, 1.165) is 44.2 Å². The molecule has 1 aliphatic heterocycles. The van der Waals surface area contributed by atoms with Gasteiger partial charge in [-0.3, -0.25) is 4.79 Å². The Kier molecular flexibility index (Phi) is 2.75. The molecule has 0 atom stereocenters. The zero-order valence-electron chi connectivity index (χ0n) is 8.33. The lowest BCUT2D eigenvalue weighted by molar-refractivity contribution is -0.125. The number of hydrogen-bond donors (Lipinski definition) is 0. The molecule has 3 heteroatoms. The minimum Gasteiger partial charge on any atom is -0.335 e. The first-order valence-electron chi connectivity index (χ1n) is 5.21. The number of carbonyl (C=O) groups is 1. The van der Waals surface area contributed by atoms with Gasteiger partial charge < -0.3 is 4.90 Å². The van der Waals surface area contributed by atoms with Crippen LogP contribution in [0.4, 0.5) is 0 Å². The molecule has 0 N–H and O–H groups in total. The molecule has 0 fully saturated rings. The van der Waals surface area contributed by atoms with Gasteiger partial charge in [-0.05, 0) is 18.4 Å². The molecule has 2 aliphatic rings. The van der Waals surface area contributed by atoms with E-state index < -0.39 is 0 Å². The summed E-state index contributed by atoms with van der Waals surface area (Å²) in [7, 11) is 5.41. The van der Waals surface area contributed by atoms with Crippen molar-refractivity contribution in [1.29, 1.82) is 0 Å². The van der Waals surface area contributed by atoms with Gasteiger partial charge in [-0.25, -0.2) is 0 Å². The molecule has 2 rings (SSSR count). The van der Waals surface area contributed by atoms with Gasteiger partial charge in [0.15, 0.2) is 0 Å². The van der Waals surface area contributed by atoms with Crippen LogP contribution in [0.2, 0.25) is 6.32 Å². The monoisotopic (exact) mass is 187 g/mol. The highest BCUT2D eigenvalue weighted by Crippen LogP contribution is 2.28. The molecule has 0 saturated carbocycles. The van der Waals surface area contributed by atoms with Gasteiger partial charge in [0.05, 0.1) is 7.85 Å². The minimum absolute atomic E-state index is 0.214. The van der Waals surface area contributed by atoms with Crippen LogP contribution in [0.3, 0.4) is 0 Å². The highest BCUT2D eigenvalue weighted by atomic mass is 16.2. The van der Waals surface area contributed by atoms with Crippen LogP contribution >= 0.6 is 0 Å². The first kappa shape index (κ1) is 9.57. The number of allylic oxidation sites excluding steroid dienone is 1. The Morgan fingerprint density at radius 2 is 2.29 bits per heavy atom. The molecular weight excluding hydrogens is 173 g/mol. The maximum atomic E-state index is 11.8. The third-order valence-electron chi connectivity index (χ3n) is 2.81. The van der Waals surface area contributed by atoms with Gasteiger partial charge in [0.1, 0.15) is 0 Å². The fourth-order valence-electron chi connectivity index (χ4n) is 2.02. The largest absolute Gasteiger partial charge is 0.335 e. The van der Waals surface area contributed by atoms with Crippen molar-refractivity contribution in [2.75, 3.05) is 13.1 Å². The highest BCUT2D eigenvalue weighted by Gasteiger charge is 2.29. The summed E-state index contributed by atoms with van der Waals surface area (Å²) in [5, 5.41) is 0. The molecule has 0 spiro atoms. The Hall–Kier alpha value is -0.985. The number of unbranched alkanes of at least 4 members (excludes halogenated alkanes) is 1. The van der Waals surface area contributed by atoms with E-state index in [0.29, 0.717) is 0 Å². The molecule has 1 heterocycles. The van der Waals surface area contributed by atoms with Crippen LogP contribution < -0.4 is 0 Å². The number of rotatable bonds is 4. The maximum absolute atomic E-state index is 11.8. The summed E-state index contributed by atoms with van der Waals surface area (Å²) in [5.41, 5.74) is 2.24. The molecule has 1 amide bonds. The Morgan fingerprint density at radius 1 is 1.43 bits per heavy atom. The van der Waals surface area contributed by atoms with E-state index in [4.69, 9.17) is 7.85 Å². The van der Waals surface area contributed by atoms with Crippen LogP contribution in [0.15, 0.2) is 23.3 Å². The Balaban J connectivity index is 1.88. The molecule has 0 saturated heterocycles. The summed E-state index contributed by atoms with van der Waals surface area (Å²) in [4.78, 5) is 13.7. The van der Waals surface area contributed by atoms with Crippen molar-refractivity contribution in [3.8, 4) is 0 Å². The third kappa shape index (κ3) is 1.63. The second kappa shape index (κ2) is 4.03. The van der Waals surface area contributed by atoms with Gasteiger partial charge in [-0.15, -0.1) is 0 Å². The van der Waals surface area contributed by atoms with Crippen molar-refractivity contribution >= 4 is 13.8 Å². The summed E-state index contributed by atoms with van der Waals surface area (Å²) in [5.74, 6) is 0.214. The van der Waals surface area contributed by atoms with Crippen LogP contribution in [-0.4, -0.2) is 31.7 Å². The van der Waals surface area contributed by atoms with Gasteiger partial charge in [0.25, 0.3) is 5.91 Å². The smallest absolute Gasteiger partial charge is 0.254 e. The number of carbonyl (C=O) groups excluding carboxylic acids is 1. The topological polar surface area (TPSA) is 20.3 Å². The van der Waals surface area contributed by atoms with Crippen LogP contribution in [-0.2, 0) is 4.79 Å². The lowest BCUT2D eigenvalue weighted by atomic mass is 10.0. The van der Waals surface area contributed by atoms with Crippen molar-refractivity contribution in [2.24, 2.45) is 0 Å². The molecule has 0 aromatic heterocycles. The number of amides is 1. The van der Waals surface area contributed by atoms with E-state index in [1.807, 2.05) is 11.0 Å². The lowest BCUT2D eigenvalue weighted by Crippen LogP contribution is -2.28. The van der Waals surface area contributed by atoms with Crippen molar-refractivity contribution in [2.45, 2.75) is 25.6 Å². The van der Waals surface area contributed by atoms with Crippen LogP contribution in [0, 0.1) is 0 Å². The van der Waals surface area contributed by atoms with Crippen molar-refractivity contribution in [1.82, 2.24) is 4.90 Å². The van der Waals surface area contributed by atoms with Gasteiger partial charge >= 0.3 is 0 Å². The Morgan fingerprint density at radius 3 is 3.00 bits per heavy atom. The summed E-state index contributed by atoms with van der Waals surface area (Å²) in [6, 6.07) is 0. The van der Waals surface area contributed by atoms with E-state index in [9.17, 15) is 4.79 Å². The Bertz CT molecular complexity index is 306. The zero-order chi connectivity index (χ0) is 9.97. The molecule has 2 nitrogen and oxygen atoms in total. The van der Waals surface area contributed by atoms with Crippen LogP contribution in [0.1, 0.15) is 19.3 Å². The van der Waals surface area contributed by atoms with Gasteiger partial charge in [-0.1, -0.05) is 24.9 Å². The molecular formula is C11H14BNO. The normalized spacial score (nSPS) is 19.7. The average molecular weight is 187 g/mol. The van der Waals surface area contributed by atoms with E-state index in [1.54, 1.807) is 0 Å². The molecule has 0 bridgehead atoms. The second-order valence-corrected chi connectivity index (χ2v) is 3.85. The SMILES string of the molecule is [B]CCCCN1CC2=C(C=CC2)C1=O. The first-order chi connectivity index (χ1) is 6.83. The summed E-state index contributed by atoms with van der Waals surface area (Å²) in [6.45, 7) is 1.70. The third-order valence-corrected chi connectivity index (χ3v) is 2.81. The number of nitrogens with zero attached hydrogens (tertiary/aromatic N) is 1. The lowest BCUT2D eigenvalue weighted by Gasteiger charge is -2.16. The van der Waals surface area contributed by atoms with Crippen molar-refractivity contribution in [3.63, 3.8) is 0 Å². The highest BCUT2D eigenvalue weighted by molar-refractivity contribution is 6.08. The van der Waals surface area contributed by atoms with E-state index in [1.165, 1.54) is 5.57 Å². The molecule has 0 aromatic rings. The predicted molar refractivity (Wildman–Crippen MR) is 57.2 cm³/mol. The molecule has 2 radical (unpaired) electrons. The maximum Gasteiger partial charge on any atom is 0.254 e. The van der Waals surface area contributed by atoms with Crippen LogP contribution in [0.5, 0.6) is 0 Å². The van der Waals surface area contributed by atoms with E-state index in [-0.39, 0.29) is 5.91 Å². The molecule has 0 aromatic carbocycles. The summed E-state index contributed by atoms with van der Waals surface area (Å²) < 4.78 is 0. The second-order valence-electron chi connectivity index (χ2n) is 3.85. The molecule has 72 valence electrons. The average Bonchev–Trinajstić information content (AvgIpc) is 2.72. The zero-order valence-corrected chi connectivity index (χ0v) is 8.33.